The number of hydrogen-bond acceptors (Lipinski definition) is 3. The number of nitrogens with zero attached hydrogens (tertiary/aromatic N) is 1. The van der Waals surface area contributed by atoms with Gasteiger partial charge >= 0.3 is 0 Å². The van der Waals surface area contributed by atoms with E-state index in [1.54, 1.807) is 30.3 Å². The molecule has 3 nitrogen and oxygen atoms in total. The van der Waals surface area contributed by atoms with Gasteiger partial charge in [-0.1, -0.05) is 18.5 Å². The van der Waals surface area contributed by atoms with Crippen LogP contribution in [0.1, 0.15) is 31.4 Å². The minimum Gasteiger partial charge on any atom is -0.466 e. The molecular weight excluding hydrogens is 303 g/mol. The number of aliphatic imine (C=N–C) groups is 1. The molecule has 2 N–H and O–H groups in total. The molecule has 0 saturated carbocycles. The number of anilines is 1. The summed E-state index contributed by atoms with van der Waals surface area (Å²) in [5.41, 5.74) is 7.36. The maximum absolute atomic E-state index is 14.3. The van der Waals surface area contributed by atoms with Crippen molar-refractivity contribution in [3.05, 3.63) is 58.4 Å². The summed E-state index contributed by atoms with van der Waals surface area (Å²) in [6.45, 7) is 3.84. The van der Waals surface area contributed by atoms with Crippen molar-refractivity contribution in [3.8, 4) is 5.75 Å². The van der Waals surface area contributed by atoms with Crippen LogP contribution in [0.4, 0.5) is 10.1 Å². The van der Waals surface area contributed by atoms with Gasteiger partial charge in [-0.15, -0.1) is 0 Å². The molecule has 1 heterocycles. The zero-order chi connectivity index (χ0) is 15.9. The average molecular weight is 319 g/mol. The predicted molar refractivity (Wildman–Crippen MR) is 87.2 cm³/mol. The normalized spacial score (nSPS) is 20.1. The van der Waals surface area contributed by atoms with Crippen LogP contribution in [-0.4, -0.2) is 11.4 Å². The van der Waals surface area contributed by atoms with Crippen LogP contribution in [0, 0.1) is 5.82 Å². The maximum Gasteiger partial charge on any atom is 0.197 e. The van der Waals surface area contributed by atoms with Gasteiger partial charge in [-0.3, -0.25) is 0 Å². The molecule has 0 saturated heterocycles. The number of nitrogens with two attached hydrogens (primary N) is 1. The number of benzene rings is 2. The van der Waals surface area contributed by atoms with Gasteiger partial charge in [0.05, 0.1) is 5.71 Å². The molecule has 0 radical (unpaired) electrons. The van der Waals surface area contributed by atoms with Gasteiger partial charge in [0.1, 0.15) is 11.6 Å². The Morgan fingerprint density at radius 2 is 1.95 bits per heavy atom. The second-order valence-electron chi connectivity index (χ2n) is 5.47. The van der Waals surface area contributed by atoms with E-state index >= 15 is 0 Å². The summed E-state index contributed by atoms with van der Waals surface area (Å²) in [6.07, 6.45) is 0.653. The van der Waals surface area contributed by atoms with Gasteiger partial charge in [0.25, 0.3) is 0 Å². The van der Waals surface area contributed by atoms with Gasteiger partial charge in [0.15, 0.2) is 5.72 Å². The average Bonchev–Trinajstić information content (AvgIpc) is 2.46. The first kappa shape index (κ1) is 14.9. The fourth-order valence-corrected chi connectivity index (χ4v) is 2.57. The van der Waals surface area contributed by atoms with E-state index in [4.69, 9.17) is 22.1 Å². The van der Waals surface area contributed by atoms with E-state index in [9.17, 15) is 4.39 Å². The smallest absolute Gasteiger partial charge is 0.197 e. The van der Waals surface area contributed by atoms with Crippen molar-refractivity contribution in [1.29, 1.82) is 0 Å². The first-order chi connectivity index (χ1) is 10.4. The zero-order valence-corrected chi connectivity index (χ0v) is 13.1. The number of rotatable bonds is 2. The third-order valence-electron chi connectivity index (χ3n) is 3.78. The van der Waals surface area contributed by atoms with Crippen molar-refractivity contribution < 1.29 is 9.13 Å². The minimum atomic E-state index is -0.748. The van der Waals surface area contributed by atoms with Crippen LogP contribution in [0.25, 0.3) is 0 Å². The molecule has 0 fully saturated rings. The van der Waals surface area contributed by atoms with E-state index in [1.807, 2.05) is 13.8 Å². The molecular formula is C17H16ClFN2O. The fraction of sp³-hybridized carbons (Fsp3) is 0.235. The molecule has 22 heavy (non-hydrogen) atoms. The maximum atomic E-state index is 14.3. The van der Waals surface area contributed by atoms with Crippen LogP contribution >= 0.6 is 11.6 Å². The third-order valence-corrected chi connectivity index (χ3v) is 4.02. The summed E-state index contributed by atoms with van der Waals surface area (Å²) < 4.78 is 20.3. The number of halogens is 2. The van der Waals surface area contributed by atoms with Crippen molar-refractivity contribution in [2.24, 2.45) is 4.99 Å². The van der Waals surface area contributed by atoms with Crippen LogP contribution < -0.4 is 10.5 Å². The highest BCUT2D eigenvalue weighted by molar-refractivity contribution is 6.30. The Morgan fingerprint density at radius 3 is 2.64 bits per heavy atom. The molecule has 2 aromatic rings. The first-order valence-electron chi connectivity index (χ1n) is 7.06. The monoisotopic (exact) mass is 318 g/mol. The van der Waals surface area contributed by atoms with E-state index in [2.05, 4.69) is 4.99 Å². The van der Waals surface area contributed by atoms with Crippen molar-refractivity contribution in [3.63, 3.8) is 0 Å². The van der Waals surface area contributed by atoms with Gasteiger partial charge in [-0.25, -0.2) is 9.38 Å². The summed E-state index contributed by atoms with van der Waals surface area (Å²) in [4.78, 5) is 4.63. The number of ether oxygens (including phenoxy) is 1. The zero-order valence-electron chi connectivity index (χ0n) is 12.4. The van der Waals surface area contributed by atoms with Crippen molar-refractivity contribution in [2.75, 3.05) is 5.73 Å². The molecule has 2 aromatic carbocycles. The van der Waals surface area contributed by atoms with Gasteiger partial charge in [-0.05, 0) is 37.3 Å². The van der Waals surface area contributed by atoms with Crippen LogP contribution in [0.15, 0.2) is 41.4 Å². The van der Waals surface area contributed by atoms with Crippen LogP contribution in [-0.2, 0) is 0 Å². The van der Waals surface area contributed by atoms with Crippen LogP contribution in [0.2, 0.25) is 5.02 Å². The molecule has 114 valence electrons. The number of hydrogen-bond donors (Lipinski definition) is 1. The standard InChI is InChI=1S/C17H16ClFN2O/c1-3-17(2)21-16(12-6-4-10(18)8-14(12)19)13-7-5-11(20)9-15(13)22-17/h4-9H,3,20H2,1-2H3. The molecule has 3 rings (SSSR count). The summed E-state index contributed by atoms with van der Waals surface area (Å²) in [5.74, 6) is 0.207. The first-order valence-corrected chi connectivity index (χ1v) is 7.44. The largest absolute Gasteiger partial charge is 0.466 e. The number of nitrogen functional groups attached to an aromatic ring is 1. The molecule has 1 aliphatic rings. The molecule has 5 heteroatoms. The lowest BCUT2D eigenvalue weighted by molar-refractivity contribution is 0.0903. The highest BCUT2D eigenvalue weighted by Crippen LogP contribution is 2.36. The van der Waals surface area contributed by atoms with Gasteiger partial charge in [0, 0.05) is 34.3 Å². The van der Waals surface area contributed by atoms with E-state index in [0.717, 1.165) is 5.56 Å². The lowest BCUT2D eigenvalue weighted by Gasteiger charge is -2.32. The lowest BCUT2D eigenvalue weighted by Crippen LogP contribution is -2.35. The molecule has 0 aromatic heterocycles. The Hall–Kier alpha value is -2.07. The Morgan fingerprint density at radius 1 is 1.23 bits per heavy atom. The van der Waals surface area contributed by atoms with Gasteiger partial charge in [-0.2, -0.15) is 0 Å². The molecule has 1 aliphatic heterocycles. The van der Waals surface area contributed by atoms with Crippen molar-refractivity contribution in [2.45, 2.75) is 26.0 Å². The van der Waals surface area contributed by atoms with Crippen molar-refractivity contribution in [1.82, 2.24) is 0 Å². The highest BCUT2D eigenvalue weighted by Gasteiger charge is 2.32. The Bertz CT molecular complexity index is 775. The van der Waals surface area contributed by atoms with Gasteiger partial charge < -0.3 is 10.5 Å². The summed E-state index contributed by atoms with van der Waals surface area (Å²) in [7, 11) is 0. The minimum absolute atomic E-state index is 0.352. The summed E-state index contributed by atoms with van der Waals surface area (Å²) >= 11 is 5.84. The number of fused-ring (bicyclic) bond motifs is 1. The second-order valence-corrected chi connectivity index (χ2v) is 5.91. The SMILES string of the molecule is CCC1(C)N=C(c2ccc(Cl)cc2F)c2ccc(N)cc2O1. The summed E-state index contributed by atoms with van der Waals surface area (Å²) in [6, 6.07) is 9.87. The topological polar surface area (TPSA) is 47.6 Å². The van der Waals surface area contributed by atoms with Crippen LogP contribution in [0.3, 0.4) is 0 Å². The molecule has 0 aliphatic carbocycles. The van der Waals surface area contributed by atoms with E-state index in [1.165, 1.54) is 6.07 Å². The van der Waals surface area contributed by atoms with E-state index < -0.39 is 11.5 Å². The Kier molecular flexibility index (Phi) is 3.57. The van der Waals surface area contributed by atoms with E-state index in [0.29, 0.717) is 34.2 Å². The molecule has 1 unspecified atom stereocenters. The molecule has 0 bridgehead atoms. The second kappa shape index (κ2) is 5.29. The quantitative estimate of drug-likeness (QED) is 0.833. The predicted octanol–water partition coefficient (Wildman–Crippen LogP) is 4.42. The summed E-state index contributed by atoms with van der Waals surface area (Å²) in [5, 5.41) is 0.352. The molecule has 1 atom stereocenters. The van der Waals surface area contributed by atoms with Gasteiger partial charge in [0.2, 0.25) is 0 Å². The third kappa shape index (κ3) is 2.55. The van der Waals surface area contributed by atoms with Crippen molar-refractivity contribution >= 4 is 23.0 Å². The van der Waals surface area contributed by atoms with Crippen LogP contribution in [0.5, 0.6) is 5.75 Å². The highest BCUT2D eigenvalue weighted by atomic mass is 35.5. The molecule has 0 amide bonds. The Balaban J connectivity index is 2.23. The lowest BCUT2D eigenvalue weighted by atomic mass is 9.97. The molecule has 0 spiro atoms. The fourth-order valence-electron chi connectivity index (χ4n) is 2.41. The Labute approximate surface area is 133 Å². The van der Waals surface area contributed by atoms with E-state index in [-0.39, 0.29) is 0 Å².